The van der Waals surface area contributed by atoms with Crippen molar-refractivity contribution in [2.75, 3.05) is 7.05 Å². The van der Waals surface area contributed by atoms with Crippen molar-refractivity contribution < 1.29 is 27.5 Å². The van der Waals surface area contributed by atoms with Crippen molar-refractivity contribution >= 4 is 11.7 Å². The Morgan fingerprint density at radius 1 is 1.17 bits per heavy atom. The minimum Gasteiger partial charge on any atom is -0.389 e. The summed E-state index contributed by atoms with van der Waals surface area (Å²) in [5.74, 6) is -2.89. The number of aliphatic hydroxyl groups is 1. The number of nitriles is 2. The zero-order chi connectivity index (χ0) is 30.6. The highest BCUT2D eigenvalue weighted by molar-refractivity contribution is 6.14. The summed E-state index contributed by atoms with van der Waals surface area (Å²) in [5, 5.41) is 36.0. The van der Waals surface area contributed by atoms with Crippen LogP contribution in [0.4, 0.5) is 17.6 Å². The average molecular weight is 570 g/mol. The summed E-state index contributed by atoms with van der Waals surface area (Å²) in [4.78, 5) is 19.0. The molecule has 4 rings (SSSR count). The third kappa shape index (κ3) is 5.09. The van der Waals surface area contributed by atoms with Crippen LogP contribution >= 0.6 is 0 Å². The van der Waals surface area contributed by atoms with Crippen LogP contribution in [0.15, 0.2) is 39.8 Å². The van der Waals surface area contributed by atoms with Crippen LogP contribution in [0.5, 0.6) is 0 Å². The fourth-order valence-electron chi connectivity index (χ4n) is 5.12. The lowest BCUT2D eigenvalue weighted by molar-refractivity contribution is -0.145. The molecular formula is C28H27F4N7O2. The van der Waals surface area contributed by atoms with Gasteiger partial charge in [-0.1, -0.05) is 0 Å². The van der Waals surface area contributed by atoms with E-state index in [0.717, 1.165) is 6.20 Å². The van der Waals surface area contributed by atoms with Gasteiger partial charge in [-0.3, -0.25) is 14.5 Å². The largest absolute Gasteiger partial charge is 0.433 e. The molecule has 1 aromatic heterocycles. The van der Waals surface area contributed by atoms with Gasteiger partial charge in [-0.05, 0) is 51.8 Å². The van der Waals surface area contributed by atoms with Crippen LogP contribution in [-0.4, -0.2) is 44.2 Å². The van der Waals surface area contributed by atoms with Gasteiger partial charge in [-0.15, -0.1) is 0 Å². The molecule has 0 fully saturated rings. The second kappa shape index (κ2) is 10.2. The van der Waals surface area contributed by atoms with Gasteiger partial charge in [0.05, 0.1) is 59.7 Å². The van der Waals surface area contributed by atoms with Gasteiger partial charge in [-0.2, -0.15) is 28.8 Å². The molecule has 0 aliphatic carbocycles. The zero-order valence-electron chi connectivity index (χ0n) is 23.2. The number of rotatable bonds is 4. The van der Waals surface area contributed by atoms with E-state index in [1.165, 1.54) is 26.8 Å². The number of aromatic nitrogens is 2. The minimum absolute atomic E-state index is 0.0129. The minimum atomic E-state index is -4.96. The normalized spacial score (nSPS) is 16.0. The molecule has 13 heteroatoms. The van der Waals surface area contributed by atoms with E-state index >= 15 is 4.39 Å². The van der Waals surface area contributed by atoms with Crippen LogP contribution in [-0.2, 0) is 19.3 Å². The first kappa shape index (κ1) is 29.5. The number of aliphatic imine (C=N–C) groups is 1. The third-order valence-electron chi connectivity index (χ3n) is 7.35. The molecule has 0 saturated carbocycles. The molecule has 41 heavy (non-hydrogen) atoms. The number of carbonyl (C=O) groups excluding carboxylic acids is 1. The average Bonchev–Trinajstić information content (AvgIpc) is 3.48. The lowest BCUT2D eigenvalue weighted by Gasteiger charge is -2.33. The predicted octanol–water partition coefficient (Wildman–Crippen LogP) is 4.43. The van der Waals surface area contributed by atoms with Crippen molar-refractivity contribution in [1.82, 2.24) is 20.0 Å². The van der Waals surface area contributed by atoms with Gasteiger partial charge in [0.15, 0.2) is 5.69 Å². The number of alkyl halides is 3. The summed E-state index contributed by atoms with van der Waals surface area (Å²) < 4.78 is 58.2. The molecule has 0 atom stereocenters. The van der Waals surface area contributed by atoms with Gasteiger partial charge in [0, 0.05) is 29.6 Å². The van der Waals surface area contributed by atoms with Crippen molar-refractivity contribution in [2.45, 2.75) is 65.4 Å². The molecule has 1 amide bonds. The summed E-state index contributed by atoms with van der Waals surface area (Å²) in [6, 6.07) is 5.56. The van der Waals surface area contributed by atoms with Gasteiger partial charge in [-0.25, -0.2) is 4.39 Å². The maximum atomic E-state index is 15.8. The number of hydrogen-bond donors (Lipinski definition) is 2. The fourth-order valence-corrected chi connectivity index (χ4v) is 5.12. The lowest BCUT2D eigenvalue weighted by Crippen LogP contribution is -2.34. The Balaban J connectivity index is 1.78. The first-order valence-corrected chi connectivity index (χ1v) is 12.5. The van der Waals surface area contributed by atoms with Crippen molar-refractivity contribution in [3.05, 3.63) is 74.1 Å². The van der Waals surface area contributed by atoms with E-state index in [9.17, 15) is 33.6 Å². The number of halogens is 4. The maximum Gasteiger partial charge on any atom is 0.433 e. The quantitative estimate of drug-likeness (QED) is 0.524. The summed E-state index contributed by atoms with van der Waals surface area (Å²) >= 11 is 0. The van der Waals surface area contributed by atoms with E-state index in [-0.39, 0.29) is 40.2 Å². The number of fused-ring (bicyclic) bond motifs is 1. The highest BCUT2D eigenvalue weighted by Crippen LogP contribution is 2.43. The van der Waals surface area contributed by atoms with Gasteiger partial charge in [0.1, 0.15) is 11.7 Å². The van der Waals surface area contributed by atoms with Crippen molar-refractivity contribution in [3.63, 3.8) is 0 Å². The number of benzene rings is 1. The van der Waals surface area contributed by atoms with Crippen molar-refractivity contribution in [1.29, 1.82) is 10.5 Å². The SMILES string of the molecule is CC1=C(C#N)C(c2cc3c(c(C)c2F)CN=C3NC(=O)c2cnn(CC(C)(C)O)c2C(F)(F)F)C(C#N)=C(C)N1C. The van der Waals surface area contributed by atoms with Crippen LogP contribution in [0.3, 0.4) is 0 Å². The van der Waals surface area contributed by atoms with E-state index in [0.29, 0.717) is 21.6 Å². The molecule has 9 nitrogen and oxygen atoms in total. The Kier molecular flexibility index (Phi) is 7.31. The molecule has 0 radical (unpaired) electrons. The van der Waals surface area contributed by atoms with Crippen molar-refractivity contribution in [2.24, 2.45) is 4.99 Å². The monoisotopic (exact) mass is 569 g/mol. The summed E-state index contributed by atoms with van der Waals surface area (Å²) in [5.41, 5.74) is -1.35. The number of nitrogens with one attached hydrogen (secondary N) is 1. The number of amides is 1. The standard InChI is InChI=1S/C28H27F4N7O2/c1-13-20-10-35-25(37-26(40)21-11-36-39(12-27(4,5)41)24(21)28(30,31)32)16(20)7-17(23(13)29)22-18(8-33)14(2)38(6)15(3)19(22)9-34/h7,11,22,41H,10,12H2,1-6H3,(H,35,37,40). The first-order valence-electron chi connectivity index (χ1n) is 12.5. The molecule has 1 aromatic carbocycles. The zero-order valence-corrected chi connectivity index (χ0v) is 23.2. The molecule has 2 N–H and O–H groups in total. The summed E-state index contributed by atoms with van der Waals surface area (Å²) in [6.45, 7) is 6.94. The number of nitrogens with zero attached hydrogens (tertiary/aromatic N) is 6. The molecule has 214 valence electrons. The molecule has 2 aromatic rings. The molecule has 0 bridgehead atoms. The Bertz CT molecular complexity index is 1610. The second-order valence-electron chi connectivity index (χ2n) is 10.6. The highest BCUT2D eigenvalue weighted by Gasteiger charge is 2.42. The van der Waals surface area contributed by atoms with E-state index < -0.39 is 47.2 Å². The van der Waals surface area contributed by atoms with E-state index in [2.05, 4.69) is 27.5 Å². The fraction of sp³-hybridized carbons (Fsp3) is 0.393. The molecule has 0 saturated heterocycles. The molecule has 3 heterocycles. The topological polar surface area (TPSA) is 130 Å². The van der Waals surface area contributed by atoms with Gasteiger partial charge >= 0.3 is 6.18 Å². The Morgan fingerprint density at radius 2 is 1.76 bits per heavy atom. The van der Waals surface area contributed by atoms with E-state index in [1.54, 1.807) is 25.8 Å². The van der Waals surface area contributed by atoms with Crippen LogP contribution in [0.1, 0.15) is 71.9 Å². The Hall–Kier alpha value is -4.49. The Morgan fingerprint density at radius 3 is 2.27 bits per heavy atom. The highest BCUT2D eigenvalue weighted by atomic mass is 19.4. The predicted molar refractivity (Wildman–Crippen MR) is 140 cm³/mol. The van der Waals surface area contributed by atoms with E-state index in [1.807, 2.05) is 0 Å². The maximum absolute atomic E-state index is 15.8. The van der Waals surface area contributed by atoms with Crippen LogP contribution < -0.4 is 5.32 Å². The van der Waals surface area contributed by atoms with Crippen LogP contribution in [0, 0.1) is 35.4 Å². The number of hydrogen-bond acceptors (Lipinski definition) is 7. The second-order valence-corrected chi connectivity index (χ2v) is 10.6. The molecule has 2 aliphatic heterocycles. The molecular weight excluding hydrogens is 542 g/mol. The van der Waals surface area contributed by atoms with Gasteiger partial charge < -0.3 is 15.3 Å². The van der Waals surface area contributed by atoms with Crippen LogP contribution in [0.2, 0.25) is 0 Å². The molecule has 0 unspecified atom stereocenters. The number of carbonyl (C=O) groups is 1. The third-order valence-corrected chi connectivity index (χ3v) is 7.35. The summed E-state index contributed by atoms with van der Waals surface area (Å²) in [6.07, 6.45) is -4.19. The number of amidine groups is 1. The van der Waals surface area contributed by atoms with Gasteiger partial charge in [0.25, 0.3) is 5.91 Å². The van der Waals surface area contributed by atoms with Crippen LogP contribution in [0.25, 0.3) is 0 Å². The smallest absolute Gasteiger partial charge is 0.389 e. The first-order chi connectivity index (χ1) is 19.0. The Labute approximate surface area is 233 Å². The summed E-state index contributed by atoms with van der Waals surface area (Å²) in [7, 11) is 1.69. The van der Waals surface area contributed by atoms with Crippen molar-refractivity contribution in [3.8, 4) is 12.1 Å². The lowest BCUT2D eigenvalue weighted by atomic mass is 9.79. The van der Waals surface area contributed by atoms with E-state index in [4.69, 9.17) is 0 Å². The molecule has 2 aliphatic rings. The molecule has 0 spiro atoms. The number of allylic oxidation sites excluding steroid dienone is 4. The van der Waals surface area contributed by atoms with Gasteiger partial charge in [0.2, 0.25) is 0 Å².